The highest BCUT2D eigenvalue weighted by Gasteiger charge is 2.34. The number of alkyl halides is 3. The van der Waals surface area contributed by atoms with E-state index in [9.17, 15) is 13.2 Å². The van der Waals surface area contributed by atoms with Crippen LogP contribution in [0.4, 0.5) is 24.5 Å². The molecule has 0 aliphatic heterocycles. The van der Waals surface area contributed by atoms with Crippen LogP contribution in [0.2, 0.25) is 0 Å². The lowest BCUT2D eigenvalue weighted by Crippen LogP contribution is -2.14. The summed E-state index contributed by atoms with van der Waals surface area (Å²) < 4.78 is 44.2. The summed E-state index contributed by atoms with van der Waals surface area (Å²) in [6.07, 6.45) is -4.48. The predicted octanol–water partition coefficient (Wildman–Crippen LogP) is 4.07. The van der Waals surface area contributed by atoms with Gasteiger partial charge in [0.1, 0.15) is 5.76 Å². The van der Waals surface area contributed by atoms with Crippen LogP contribution < -0.4 is 11.1 Å². The second-order valence-corrected chi connectivity index (χ2v) is 4.91. The van der Waals surface area contributed by atoms with Crippen LogP contribution in [0.3, 0.4) is 0 Å². The quantitative estimate of drug-likeness (QED) is 0.839. The fourth-order valence-electron chi connectivity index (χ4n) is 2.34. The molecule has 0 aliphatic rings. The molecule has 0 fully saturated rings. The van der Waals surface area contributed by atoms with E-state index < -0.39 is 11.7 Å². The number of hydrogen-bond donors (Lipinski definition) is 2. The van der Waals surface area contributed by atoms with Crippen molar-refractivity contribution in [1.29, 1.82) is 0 Å². The summed E-state index contributed by atoms with van der Waals surface area (Å²) in [7, 11) is 0. The molecule has 0 amide bonds. The van der Waals surface area contributed by atoms with Gasteiger partial charge >= 0.3 is 6.18 Å². The third-order valence-corrected chi connectivity index (χ3v) is 3.24. The Bertz CT molecular complexity index is 630. The molecule has 7 heteroatoms. The van der Waals surface area contributed by atoms with Crippen molar-refractivity contribution in [2.24, 2.45) is 0 Å². The normalized spacial score (nSPS) is 13.2. The number of rotatable bonds is 3. The molecule has 0 radical (unpaired) electrons. The van der Waals surface area contributed by atoms with Crippen molar-refractivity contribution < 1.29 is 17.7 Å². The van der Waals surface area contributed by atoms with E-state index in [0.29, 0.717) is 11.5 Å². The molecule has 0 saturated carbocycles. The zero-order valence-corrected chi connectivity index (χ0v) is 11.9. The van der Waals surface area contributed by atoms with Gasteiger partial charge < -0.3 is 15.6 Å². The minimum Gasteiger partial charge on any atom is -0.399 e. The van der Waals surface area contributed by atoms with Gasteiger partial charge in [-0.25, -0.2) is 0 Å². The maximum atomic E-state index is 13.1. The molecule has 0 aliphatic carbocycles. The molecule has 114 valence electrons. The van der Waals surface area contributed by atoms with Crippen LogP contribution in [0.1, 0.15) is 35.5 Å². The number of nitrogen functional groups attached to an aromatic ring is 1. The Kier molecular flexibility index (Phi) is 3.85. The van der Waals surface area contributed by atoms with E-state index in [0.717, 1.165) is 11.6 Å². The summed E-state index contributed by atoms with van der Waals surface area (Å²) in [5.74, 6) is 0.580. The van der Waals surface area contributed by atoms with Crippen LogP contribution in [0.25, 0.3) is 0 Å². The van der Waals surface area contributed by atoms with Gasteiger partial charge in [0.2, 0.25) is 0 Å². The van der Waals surface area contributed by atoms with Crippen LogP contribution in [-0.4, -0.2) is 5.16 Å². The Morgan fingerprint density at radius 1 is 1.29 bits per heavy atom. The standard InChI is InChI=1S/C14H16F3N3O/c1-7(13-8(2)20-21-9(13)3)19-12-5-4-10(18)6-11(12)14(15,16)17/h4-7,19H,18H2,1-3H3. The number of hydrogen-bond acceptors (Lipinski definition) is 4. The molecular weight excluding hydrogens is 283 g/mol. The summed E-state index contributed by atoms with van der Waals surface area (Å²) >= 11 is 0. The monoisotopic (exact) mass is 299 g/mol. The number of nitrogens with two attached hydrogens (primary N) is 1. The van der Waals surface area contributed by atoms with Crippen molar-refractivity contribution in [2.75, 3.05) is 11.1 Å². The van der Waals surface area contributed by atoms with Crippen molar-refractivity contribution in [3.63, 3.8) is 0 Å². The summed E-state index contributed by atoms with van der Waals surface area (Å²) in [6, 6.07) is 3.30. The molecule has 1 heterocycles. The zero-order chi connectivity index (χ0) is 15.8. The molecule has 1 aromatic heterocycles. The maximum Gasteiger partial charge on any atom is 0.418 e. The highest BCUT2D eigenvalue weighted by atomic mass is 19.4. The number of anilines is 2. The molecule has 0 saturated heterocycles. The van der Waals surface area contributed by atoms with Crippen LogP contribution >= 0.6 is 0 Å². The van der Waals surface area contributed by atoms with E-state index in [4.69, 9.17) is 10.3 Å². The average molecular weight is 299 g/mol. The first-order valence-electron chi connectivity index (χ1n) is 6.36. The van der Waals surface area contributed by atoms with Gasteiger partial charge in [0.15, 0.2) is 0 Å². The first kappa shape index (κ1) is 15.2. The van der Waals surface area contributed by atoms with Gasteiger partial charge in [-0.2, -0.15) is 13.2 Å². The predicted molar refractivity (Wildman–Crippen MR) is 73.9 cm³/mol. The second kappa shape index (κ2) is 5.31. The van der Waals surface area contributed by atoms with Crippen molar-refractivity contribution in [3.8, 4) is 0 Å². The van der Waals surface area contributed by atoms with Crippen LogP contribution in [-0.2, 0) is 6.18 Å². The summed E-state index contributed by atoms with van der Waals surface area (Å²) in [5, 5.41) is 6.66. The number of aryl methyl sites for hydroxylation is 2. The van der Waals surface area contributed by atoms with E-state index in [2.05, 4.69) is 10.5 Å². The number of benzene rings is 1. The van der Waals surface area contributed by atoms with Crippen LogP contribution in [0.15, 0.2) is 22.7 Å². The Labute approximate surface area is 120 Å². The number of aromatic nitrogens is 1. The zero-order valence-electron chi connectivity index (χ0n) is 11.9. The lowest BCUT2D eigenvalue weighted by molar-refractivity contribution is -0.136. The van der Waals surface area contributed by atoms with Gasteiger partial charge in [0.25, 0.3) is 0 Å². The Morgan fingerprint density at radius 2 is 1.95 bits per heavy atom. The van der Waals surface area contributed by atoms with Crippen molar-refractivity contribution in [3.05, 3.63) is 40.8 Å². The Balaban J connectivity index is 2.36. The van der Waals surface area contributed by atoms with Gasteiger partial charge in [-0.15, -0.1) is 0 Å². The summed E-state index contributed by atoms with van der Waals surface area (Å²) in [6.45, 7) is 5.22. The van der Waals surface area contributed by atoms with Crippen molar-refractivity contribution in [1.82, 2.24) is 5.16 Å². The first-order valence-corrected chi connectivity index (χ1v) is 6.36. The first-order chi connectivity index (χ1) is 9.70. The highest BCUT2D eigenvalue weighted by Crippen LogP contribution is 2.37. The van der Waals surface area contributed by atoms with E-state index >= 15 is 0 Å². The average Bonchev–Trinajstić information content (AvgIpc) is 2.70. The molecule has 1 atom stereocenters. The van der Waals surface area contributed by atoms with Crippen LogP contribution in [0, 0.1) is 13.8 Å². The summed E-state index contributed by atoms with van der Waals surface area (Å²) in [5.41, 5.74) is 6.10. The van der Waals surface area contributed by atoms with E-state index in [-0.39, 0.29) is 17.4 Å². The van der Waals surface area contributed by atoms with E-state index in [1.54, 1.807) is 20.8 Å². The molecular formula is C14H16F3N3O. The second-order valence-electron chi connectivity index (χ2n) is 4.91. The highest BCUT2D eigenvalue weighted by molar-refractivity contribution is 5.60. The molecule has 1 unspecified atom stereocenters. The Morgan fingerprint density at radius 3 is 2.48 bits per heavy atom. The summed E-state index contributed by atoms with van der Waals surface area (Å²) in [4.78, 5) is 0. The van der Waals surface area contributed by atoms with Gasteiger partial charge in [-0.3, -0.25) is 0 Å². The molecule has 0 spiro atoms. The van der Waals surface area contributed by atoms with Crippen LogP contribution in [0.5, 0.6) is 0 Å². The third-order valence-electron chi connectivity index (χ3n) is 3.24. The molecule has 0 bridgehead atoms. The topological polar surface area (TPSA) is 64.1 Å². The number of halogens is 3. The molecule has 3 N–H and O–H groups in total. The van der Waals surface area contributed by atoms with Gasteiger partial charge in [0.05, 0.1) is 17.3 Å². The fraction of sp³-hybridized carbons (Fsp3) is 0.357. The smallest absolute Gasteiger partial charge is 0.399 e. The third kappa shape index (κ3) is 3.12. The maximum absolute atomic E-state index is 13.1. The van der Waals surface area contributed by atoms with Crippen molar-refractivity contribution >= 4 is 11.4 Å². The minimum absolute atomic E-state index is 0.0239. The number of nitrogens with zero attached hydrogens (tertiary/aromatic N) is 1. The molecule has 21 heavy (non-hydrogen) atoms. The van der Waals surface area contributed by atoms with Gasteiger partial charge in [-0.1, -0.05) is 5.16 Å². The fourth-order valence-corrected chi connectivity index (χ4v) is 2.34. The van der Waals surface area contributed by atoms with Gasteiger partial charge in [-0.05, 0) is 39.0 Å². The van der Waals surface area contributed by atoms with Crippen molar-refractivity contribution in [2.45, 2.75) is 33.0 Å². The number of nitrogens with one attached hydrogen (secondary N) is 1. The SMILES string of the molecule is Cc1noc(C)c1C(C)Nc1ccc(N)cc1C(F)(F)F. The largest absolute Gasteiger partial charge is 0.418 e. The van der Waals surface area contributed by atoms with Gasteiger partial charge in [0, 0.05) is 16.9 Å². The lowest BCUT2D eigenvalue weighted by atomic mass is 10.1. The lowest BCUT2D eigenvalue weighted by Gasteiger charge is -2.19. The minimum atomic E-state index is -4.48. The molecule has 4 nitrogen and oxygen atoms in total. The van der Waals surface area contributed by atoms with E-state index in [1.165, 1.54) is 12.1 Å². The molecule has 2 aromatic rings. The van der Waals surface area contributed by atoms with E-state index in [1.807, 2.05) is 0 Å². The molecule has 1 aromatic carbocycles. The molecule has 2 rings (SSSR count). The Hall–Kier alpha value is -2.18.